The average molecular weight is 209 g/mol. The minimum atomic E-state index is -0.533. The van der Waals surface area contributed by atoms with Gasteiger partial charge in [-0.1, -0.05) is 26.0 Å². The Morgan fingerprint density at radius 1 is 1.20 bits per heavy atom. The molecule has 0 bridgehead atoms. The molecule has 0 amide bonds. The fourth-order valence-electron chi connectivity index (χ4n) is 1.55. The number of aromatic hydroxyl groups is 1. The van der Waals surface area contributed by atoms with Crippen molar-refractivity contribution in [2.75, 3.05) is 0 Å². The fraction of sp³-hybridized carbons (Fsp3) is 0.500. The Balaban J connectivity index is 2.67. The molecule has 0 saturated carbocycles. The quantitative estimate of drug-likeness (QED) is 0.708. The number of aliphatic hydroxyl groups excluding tert-OH is 1. The number of phenolic OH excluding ortho intramolecular Hbond substituents is 1. The van der Waals surface area contributed by atoms with Crippen LogP contribution in [-0.4, -0.2) is 16.3 Å². The van der Waals surface area contributed by atoms with Crippen LogP contribution in [0.15, 0.2) is 24.3 Å². The highest BCUT2D eigenvalue weighted by atomic mass is 16.3. The molecule has 0 aliphatic carbocycles. The number of phenols is 1. The van der Waals surface area contributed by atoms with Crippen LogP contribution in [0.1, 0.15) is 31.9 Å². The summed E-state index contributed by atoms with van der Waals surface area (Å²) in [5.41, 5.74) is 6.75. The van der Waals surface area contributed by atoms with Gasteiger partial charge in [0.1, 0.15) is 5.75 Å². The number of rotatable bonds is 4. The molecule has 15 heavy (non-hydrogen) atoms. The summed E-state index contributed by atoms with van der Waals surface area (Å²) in [6.07, 6.45) is 0.150. The highest BCUT2D eigenvalue weighted by molar-refractivity contribution is 5.28. The third-order valence-corrected chi connectivity index (χ3v) is 2.41. The first kappa shape index (κ1) is 12.0. The van der Waals surface area contributed by atoms with Crippen molar-refractivity contribution in [1.29, 1.82) is 0 Å². The lowest BCUT2D eigenvalue weighted by molar-refractivity contribution is 0.121. The zero-order valence-electron chi connectivity index (χ0n) is 9.22. The molecule has 0 aromatic heterocycles. The highest BCUT2D eigenvalue weighted by Crippen LogP contribution is 2.21. The number of hydrogen-bond acceptors (Lipinski definition) is 3. The van der Waals surface area contributed by atoms with E-state index in [1.165, 1.54) is 0 Å². The second-order valence-electron chi connectivity index (χ2n) is 4.31. The Labute approximate surface area is 90.5 Å². The highest BCUT2D eigenvalue weighted by Gasteiger charge is 2.17. The SMILES string of the molecule is CC(C)C[C@H](O)[C@H](N)c1ccc(O)cc1. The van der Waals surface area contributed by atoms with Crippen molar-refractivity contribution >= 4 is 0 Å². The molecule has 0 radical (unpaired) electrons. The van der Waals surface area contributed by atoms with Crippen LogP contribution in [0.5, 0.6) is 5.75 Å². The summed E-state index contributed by atoms with van der Waals surface area (Å²) in [6.45, 7) is 4.10. The van der Waals surface area contributed by atoms with Crippen LogP contribution in [0.2, 0.25) is 0 Å². The van der Waals surface area contributed by atoms with Crippen LogP contribution >= 0.6 is 0 Å². The molecule has 3 heteroatoms. The van der Waals surface area contributed by atoms with Gasteiger partial charge in [0.15, 0.2) is 0 Å². The molecule has 1 aromatic rings. The van der Waals surface area contributed by atoms with Crippen molar-refractivity contribution in [3.05, 3.63) is 29.8 Å². The fourth-order valence-corrected chi connectivity index (χ4v) is 1.55. The summed E-state index contributed by atoms with van der Waals surface area (Å²) in [5.74, 6) is 0.632. The summed E-state index contributed by atoms with van der Waals surface area (Å²) >= 11 is 0. The molecule has 0 fully saturated rings. The Hall–Kier alpha value is -1.06. The van der Waals surface area contributed by atoms with Crippen molar-refractivity contribution in [1.82, 2.24) is 0 Å². The lowest BCUT2D eigenvalue weighted by atomic mass is 9.95. The van der Waals surface area contributed by atoms with Crippen LogP contribution in [0.3, 0.4) is 0 Å². The molecule has 0 aliphatic heterocycles. The zero-order valence-corrected chi connectivity index (χ0v) is 9.22. The molecule has 0 aliphatic rings. The van der Waals surface area contributed by atoms with E-state index in [2.05, 4.69) is 0 Å². The van der Waals surface area contributed by atoms with Crippen molar-refractivity contribution in [3.8, 4) is 5.75 Å². The standard InChI is InChI=1S/C12H19NO2/c1-8(2)7-11(15)12(13)9-3-5-10(14)6-4-9/h3-6,8,11-12,14-15H,7,13H2,1-2H3/t11-,12+/m0/s1. The maximum Gasteiger partial charge on any atom is 0.115 e. The maximum absolute atomic E-state index is 9.82. The molecular weight excluding hydrogens is 190 g/mol. The summed E-state index contributed by atoms with van der Waals surface area (Å²) in [7, 11) is 0. The van der Waals surface area contributed by atoms with Crippen molar-refractivity contribution < 1.29 is 10.2 Å². The zero-order chi connectivity index (χ0) is 11.4. The number of hydrogen-bond donors (Lipinski definition) is 3. The smallest absolute Gasteiger partial charge is 0.115 e. The van der Waals surface area contributed by atoms with Crippen LogP contribution in [0.4, 0.5) is 0 Å². The molecule has 84 valence electrons. The summed E-state index contributed by atoms with van der Waals surface area (Å²) < 4.78 is 0. The molecule has 2 atom stereocenters. The topological polar surface area (TPSA) is 66.5 Å². The van der Waals surface area contributed by atoms with Crippen LogP contribution in [0, 0.1) is 5.92 Å². The van der Waals surface area contributed by atoms with E-state index >= 15 is 0 Å². The molecule has 0 unspecified atom stereocenters. The summed E-state index contributed by atoms with van der Waals surface area (Å²) in [5, 5.41) is 18.9. The van der Waals surface area contributed by atoms with Crippen LogP contribution < -0.4 is 5.73 Å². The van der Waals surface area contributed by atoms with Gasteiger partial charge in [-0.25, -0.2) is 0 Å². The lowest BCUT2D eigenvalue weighted by Gasteiger charge is -2.20. The van der Waals surface area contributed by atoms with Crippen LogP contribution in [-0.2, 0) is 0 Å². The lowest BCUT2D eigenvalue weighted by Crippen LogP contribution is -2.27. The average Bonchev–Trinajstić information content (AvgIpc) is 2.17. The molecule has 1 rings (SSSR count). The normalized spacial score (nSPS) is 15.3. The molecule has 0 heterocycles. The third-order valence-electron chi connectivity index (χ3n) is 2.41. The Kier molecular flexibility index (Phi) is 4.12. The molecule has 1 aromatic carbocycles. The van der Waals surface area contributed by atoms with Gasteiger partial charge in [0.05, 0.1) is 12.1 Å². The van der Waals surface area contributed by atoms with Crippen molar-refractivity contribution in [2.45, 2.75) is 32.4 Å². The van der Waals surface area contributed by atoms with E-state index in [9.17, 15) is 5.11 Å². The number of benzene rings is 1. The van der Waals surface area contributed by atoms with Crippen molar-refractivity contribution in [2.24, 2.45) is 11.7 Å². The minimum Gasteiger partial charge on any atom is -0.508 e. The van der Waals surface area contributed by atoms with Gasteiger partial charge in [0.25, 0.3) is 0 Å². The Morgan fingerprint density at radius 2 is 1.73 bits per heavy atom. The first-order chi connectivity index (χ1) is 7.00. The van der Waals surface area contributed by atoms with E-state index in [1.807, 2.05) is 13.8 Å². The van der Waals surface area contributed by atoms with E-state index in [0.29, 0.717) is 12.3 Å². The minimum absolute atomic E-state index is 0.212. The second kappa shape index (κ2) is 5.14. The van der Waals surface area contributed by atoms with Gasteiger partial charge in [0.2, 0.25) is 0 Å². The summed E-state index contributed by atoms with van der Waals surface area (Å²) in [6, 6.07) is 6.26. The van der Waals surface area contributed by atoms with Crippen molar-refractivity contribution in [3.63, 3.8) is 0 Å². The van der Waals surface area contributed by atoms with E-state index in [0.717, 1.165) is 5.56 Å². The van der Waals surface area contributed by atoms with E-state index in [-0.39, 0.29) is 11.8 Å². The largest absolute Gasteiger partial charge is 0.508 e. The van der Waals surface area contributed by atoms with Gasteiger partial charge in [-0.15, -0.1) is 0 Å². The molecule has 4 N–H and O–H groups in total. The number of nitrogens with two attached hydrogens (primary N) is 1. The van der Waals surface area contributed by atoms with Gasteiger partial charge in [-0.05, 0) is 30.0 Å². The Bertz CT molecular complexity index is 295. The number of aliphatic hydroxyl groups is 1. The van der Waals surface area contributed by atoms with Gasteiger partial charge >= 0.3 is 0 Å². The van der Waals surface area contributed by atoms with E-state index < -0.39 is 6.10 Å². The molecule has 0 saturated heterocycles. The molecule has 0 spiro atoms. The molecule has 3 nitrogen and oxygen atoms in total. The first-order valence-corrected chi connectivity index (χ1v) is 5.23. The van der Waals surface area contributed by atoms with Gasteiger partial charge in [0, 0.05) is 0 Å². The predicted molar refractivity (Wildman–Crippen MR) is 60.5 cm³/mol. The maximum atomic E-state index is 9.82. The second-order valence-corrected chi connectivity index (χ2v) is 4.31. The van der Waals surface area contributed by atoms with E-state index in [1.54, 1.807) is 24.3 Å². The third kappa shape index (κ3) is 3.53. The molecular formula is C12H19NO2. The van der Waals surface area contributed by atoms with Gasteiger partial charge in [-0.3, -0.25) is 0 Å². The predicted octanol–water partition coefficient (Wildman–Crippen LogP) is 1.80. The Morgan fingerprint density at radius 3 is 2.20 bits per heavy atom. The van der Waals surface area contributed by atoms with Gasteiger partial charge in [-0.2, -0.15) is 0 Å². The monoisotopic (exact) mass is 209 g/mol. The van der Waals surface area contributed by atoms with Crippen LogP contribution in [0.25, 0.3) is 0 Å². The van der Waals surface area contributed by atoms with E-state index in [4.69, 9.17) is 10.8 Å². The summed E-state index contributed by atoms with van der Waals surface area (Å²) in [4.78, 5) is 0. The van der Waals surface area contributed by atoms with Gasteiger partial charge < -0.3 is 15.9 Å². The first-order valence-electron chi connectivity index (χ1n) is 5.23.